The van der Waals surface area contributed by atoms with Crippen molar-refractivity contribution >= 4 is 0 Å². The Morgan fingerprint density at radius 1 is 1.06 bits per heavy atom. The van der Waals surface area contributed by atoms with E-state index in [-0.39, 0.29) is 0 Å². The first-order chi connectivity index (χ1) is 8.22. The van der Waals surface area contributed by atoms with Crippen LogP contribution < -0.4 is 0 Å². The molecule has 1 heterocycles. The topological polar surface area (TPSA) is 12.5 Å². The molecule has 0 spiro atoms. The molecule has 3 atom stereocenters. The Balaban J connectivity index is 1.85. The maximum absolute atomic E-state index is 5.58. The fraction of sp³-hybridized carbons (Fsp3) is 0.625. The van der Waals surface area contributed by atoms with Crippen LogP contribution in [0.15, 0.2) is 24.3 Å². The fourth-order valence-corrected chi connectivity index (χ4v) is 2.31. The number of ether oxygens (including phenoxy) is 1. The summed E-state index contributed by atoms with van der Waals surface area (Å²) in [6.07, 6.45) is 5.71. The summed E-state index contributed by atoms with van der Waals surface area (Å²) < 4.78 is 5.58. The maximum atomic E-state index is 5.58. The molecule has 0 N–H and O–H groups in total. The van der Waals surface area contributed by atoms with E-state index in [9.17, 15) is 0 Å². The molecule has 0 bridgehead atoms. The van der Waals surface area contributed by atoms with Crippen molar-refractivity contribution in [2.24, 2.45) is 5.92 Å². The van der Waals surface area contributed by atoms with E-state index in [1.165, 1.54) is 24.0 Å². The zero-order valence-corrected chi connectivity index (χ0v) is 11.3. The van der Waals surface area contributed by atoms with E-state index in [0.717, 1.165) is 18.8 Å². The molecule has 1 heteroatoms. The van der Waals surface area contributed by atoms with Gasteiger partial charge in [0.05, 0.1) is 12.2 Å². The van der Waals surface area contributed by atoms with Gasteiger partial charge in [-0.05, 0) is 29.9 Å². The summed E-state index contributed by atoms with van der Waals surface area (Å²) in [5, 5.41) is 0. The fourth-order valence-electron chi connectivity index (χ4n) is 2.31. The molecule has 2 rings (SSSR count). The van der Waals surface area contributed by atoms with Gasteiger partial charge < -0.3 is 4.74 Å². The first-order valence-corrected chi connectivity index (χ1v) is 6.96. The highest BCUT2D eigenvalue weighted by Gasteiger charge is 2.36. The third-order valence-electron chi connectivity index (χ3n) is 3.83. The molecule has 1 aromatic carbocycles. The molecule has 17 heavy (non-hydrogen) atoms. The Labute approximate surface area is 105 Å². The van der Waals surface area contributed by atoms with Gasteiger partial charge in [0, 0.05) is 6.42 Å². The van der Waals surface area contributed by atoms with Gasteiger partial charge in [-0.1, -0.05) is 51.5 Å². The van der Waals surface area contributed by atoms with Crippen LogP contribution in [0.2, 0.25) is 0 Å². The van der Waals surface area contributed by atoms with Crippen LogP contribution in [0.3, 0.4) is 0 Å². The predicted octanol–water partition coefficient (Wildman–Crippen LogP) is 4.00. The van der Waals surface area contributed by atoms with Crippen LogP contribution in [0.4, 0.5) is 0 Å². The molecule has 1 saturated heterocycles. The van der Waals surface area contributed by atoms with Crippen LogP contribution in [0.25, 0.3) is 0 Å². The summed E-state index contributed by atoms with van der Waals surface area (Å²) in [7, 11) is 0. The van der Waals surface area contributed by atoms with Gasteiger partial charge in [0.15, 0.2) is 0 Å². The minimum absolute atomic E-state index is 0.486. The molecule has 1 fully saturated rings. The monoisotopic (exact) mass is 232 g/mol. The van der Waals surface area contributed by atoms with E-state index in [0.29, 0.717) is 12.2 Å². The first kappa shape index (κ1) is 12.6. The van der Waals surface area contributed by atoms with Crippen molar-refractivity contribution in [3.8, 4) is 0 Å². The van der Waals surface area contributed by atoms with Gasteiger partial charge in [0.2, 0.25) is 0 Å². The normalized spacial score (nSPS) is 24.6. The largest absolute Gasteiger partial charge is 0.369 e. The van der Waals surface area contributed by atoms with E-state index in [4.69, 9.17) is 4.74 Å². The van der Waals surface area contributed by atoms with Crippen LogP contribution in [-0.4, -0.2) is 12.2 Å². The second kappa shape index (κ2) is 5.68. The van der Waals surface area contributed by atoms with Crippen LogP contribution in [-0.2, 0) is 17.6 Å². The summed E-state index contributed by atoms with van der Waals surface area (Å²) in [6.45, 7) is 6.77. The number of benzene rings is 1. The highest BCUT2D eigenvalue weighted by atomic mass is 16.6. The molecular formula is C16H24O. The number of hydrogen-bond acceptors (Lipinski definition) is 1. The molecule has 1 aromatic rings. The summed E-state index contributed by atoms with van der Waals surface area (Å²) in [5.41, 5.74) is 2.88. The highest BCUT2D eigenvalue weighted by molar-refractivity contribution is 5.24. The van der Waals surface area contributed by atoms with Gasteiger partial charge in [-0.2, -0.15) is 0 Å². The second-order valence-electron chi connectivity index (χ2n) is 5.36. The highest BCUT2D eigenvalue weighted by Crippen LogP contribution is 2.28. The molecule has 94 valence electrons. The zero-order chi connectivity index (χ0) is 12.3. The van der Waals surface area contributed by atoms with Crippen LogP contribution in [0, 0.1) is 5.92 Å². The predicted molar refractivity (Wildman–Crippen MR) is 72.3 cm³/mol. The van der Waals surface area contributed by atoms with Crippen molar-refractivity contribution in [1.82, 2.24) is 0 Å². The summed E-state index contributed by atoms with van der Waals surface area (Å²) in [4.78, 5) is 0. The molecule has 0 aliphatic carbocycles. The third-order valence-corrected chi connectivity index (χ3v) is 3.83. The van der Waals surface area contributed by atoms with E-state index in [2.05, 4.69) is 45.0 Å². The van der Waals surface area contributed by atoms with Crippen molar-refractivity contribution in [2.45, 2.75) is 58.7 Å². The standard InChI is InChI=1S/C16H24O/c1-4-12(3)10-13-6-8-14(9-7-13)11-16-15(5-2)17-16/h6-9,12,15-16H,4-5,10-11H2,1-3H3. The quantitative estimate of drug-likeness (QED) is 0.675. The van der Waals surface area contributed by atoms with Gasteiger partial charge in [-0.3, -0.25) is 0 Å². The molecule has 1 aliphatic rings. The lowest BCUT2D eigenvalue weighted by molar-refractivity contribution is 0.366. The summed E-state index contributed by atoms with van der Waals surface area (Å²) >= 11 is 0. The van der Waals surface area contributed by atoms with E-state index in [1.807, 2.05) is 0 Å². The molecule has 0 saturated carbocycles. The minimum atomic E-state index is 0.486. The molecule has 0 aromatic heterocycles. The Hall–Kier alpha value is -0.820. The Morgan fingerprint density at radius 3 is 2.24 bits per heavy atom. The van der Waals surface area contributed by atoms with Crippen molar-refractivity contribution in [3.63, 3.8) is 0 Å². The first-order valence-electron chi connectivity index (χ1n) is 6.96. The number of rotatable bonds is 6. The lowest BCUT2D eigenvalue weighted by atomic mass is 9.97. The molecule has 1 nitrogen and oxygen atoms in total. The zero-order valence-electron chi connectivity index (χ0n) is 11.3. The van der Waals surface area contributed by atoms with Gasteiger partial charge in [-0.25, -0.2) is 0 Å². The SMILES string of the molecule is CCC(C)Cc1ccc(CC2OC2CC)cc1. The molecular weight excluding hydrogens is 208 g/mol. The smallest absolute Gasteiger partial charge is 0.0882 e. The number of epoxide rings is 1. The Bertz CT molecular complexity index is 341. The van der Waals surface area contributed by atoms with E-state index >= 15 is 0 Å². The van der Waals surface area contributed by atoms with Gasteiger partial charge in [0.25, 0.3) is 0 Å². The molecule has 3 unspecified atom stereocenters. The van der Waals surface area contributed by atoms with Crippen LogP contribution in [0.1, 0.15) is 44.7 Å². The maximum Gasteiger partial charge on any atom is 0.0882 e. The lowest BCUT2D eigenvalue weighted by Crippen LogP contribution is -2.00. The second-order valence-corrected chi connectivity index (χ2v) is 5.36. The average Bonchev–Trinajstić information content (AvgIpc) is 3.10. The summed E-state index contributed by atoms with van der Waals surface area (Å²) in [6, 6.07) is 9.11. The van der Waals surface area contributed by atoms with Crippen molar-refractivity contribution < 1.29 is 4.74 Å². The minimum Gasteiger partial charge on any atom is -0.369 e. The number of hydrogen-bond donors (Lipinski definition) is 0. The molecule has 0 radical (unpaired) electrons. The van der Waals surface area contributed by atoms with Gasteiger partial charge in [-0.15, -0.1) is 0 Å². The summed E-state index contributed by atoms with van der Waals surface area (Å²) in [5.74, 6) is 0.789. The van der Waals surface area contributed by atoms with Crippen LogP contribution in [0.5, 0.6) is 0 Å². The van der Waals surface area contributed by atoms with Gasteiger partial charge >= 0.3 is 0 Å². The van der Waals surface area contributed by atoms with E-state index in [1.54, 1.807) is 0 Å². The van der Waals surface area contributed by atoms with Gasteiger partial charge in [0.1, 0.15) is 0 Å². The average molecular weight is 232 g/mol. The van der Waals surface area contributed by atoms with Crippen molar-refractivity contribution in [1.29, 1.82) is 0 Å². The Morgan fingerprint density at radius 2 is 1.71 bits per heavy atom. The molecule has 0 amide bonds. The van der Waals surface area contributed by atoms with Crippen LogP contribution >= 0.6 is 0 Å². The van der Waals surface area contributed by atoms with Crippen molar-refractivity contribution in [2.75, 3.05) is 0 Å². The molecule has 1 aliphatic heterocycles. The lowest BCUT2D eigenvalue weighted by Gasteiger charge is -2.08. The third kappa shape index (κ3) is 3.57. The Kier molecular flexibility index (Phi) is 4.22. The van der Waals surface area contributed by atoms with Crippen molar-refractivity contribution in [3.05, 3.63) is 35.4 Å². The van der Waals surface area contributed by atoms with E-state index < -0.39 is 0 Å².